The largest absolute Gasteiger partial charge is 0.480 e. The summed E-state index contributed by atoms with van der Waals surface area (Å²) >= 11 is 0. The Morgan fingerprint density at radius 3 is 1.75 bits per heavy atom. The van der Waals surface area contributed by atoms with Crippen molar-refractivity contribution in [1.29, 1.82) is 0 Å². The summed E-state index contributed by atoms with van der Waals surface area (Å²) in [7, 11) is 0. The van der Waals surface area contributed by atoms with E-state index in [4.69, 9.17) is 0 Å². The zero-order valence-corrected chi connectivity index (χ0v) is 14.0. The lowest BCUT2D eigenvalue weighted by Gasteiger charge is -2.21. The van der Waals surface area contributed by atoms with Gasteiger partial charge in [0.15, 0.2) is 0 Å². The van der Waals surface area contributed by atoms with Crippen molar-refractivity contribution in [3.8, 4) is 0 Å². The number of carboxylic acids is 1. The van der Waals surface area contributed by atoms with Crippen LogP contribution in [0.5, 0.6) is 0 Å². The minimum absolute atomic E-state index is 0.103. The molecule has 126 valence electrons. The number of aliphatic carboxylic acids is 1. The van der Waals surface area contributed by atoms with E-state index in [-0.39, 0.29) is 24.2 Å². The van der Waals surface area contributed by atoms with Gasteiger partial charge in [-0.1, -0.05) is 74.5 Å². The van der Waals surface area contributed by atoms with Gasteiger partial charge in [0.05, 0.1) is 0 Å². The van der Waals surface area contributed by atoms with Gasteiger partial charge in [0.2, 0.25) is 5.91 Å². The lowest BCUT2D eigenvalue weighted by Crippen LogP contribution is -2.44. The van der Waals surface area contributed by atoms with E-state index in [2.05, 4.69) is 5.32 Å². The van der Waals surface area contributed by atoms with Crippen LogP contribution >= 0.6 is 0 Å². The van der Waals surface area contributed by atoms with Crippen molar-refractivity contribution in [1.82, 2.24) is 5.32 Å². The van der Waals surface area contributed by atoms with E-state index < -0.39 is 12.0 Å². The standard InChI is InChI=1S/C20H23NO3/c1-14(2)19(20(23)24)21-18(22)13-17(15-9-5-3-6-10-15)16-11-7-4-8-12-16/h3-12,14,17,19H,13H2,1-2H3,(H,21,22)(H,23,24)/t19-/m0/s1. The topological polar surface area (TPSA) is 66.4 Å². The highest BCUT2D eigenvalue weighted by Gasteiger charge is 2.25. The highest BCUT2D eigenvalue weighted by Crippen LogP contribution is 2.27. The Kier molecular flexibility index (Phi) is 6.13. The summed E-state index contributed by atoms with van der Waals surface area (Å²) in [4.78, 5) is 23.7. The highest BCUT2D eigenvalue weighted by atomic mass is 16.4. The predicted molar refractivity (Wildman–Crippen MR) is 93.7 cm³/mol. The maximum Gasteiger partial charge on any atom is 0.326 e. The van der Waals surface area contributed by atoms with Gasteiger partial charge < -0.3 is 10.4 Å². The zero-order valence-electron chi connectivity index (χ0n) is 14.0. The minimum Gasteiger partial charge on any atom is -0.480 e. The van der Waals surface area contributed by atoms with Gasteiger partial charge in [-0.15, -0.1) is 0 Å². The Labute approximate surface area is 142 Å². The first-order chi connectivity index (χ1) is 11.5. The third-order valence-electron chi connectivity index (χ3n) is 4.04. The summed E-state index contributed by atoms with van der Waals surface area (Å²) in [6, 6.07) is 18.7. The van der Waals surface area contributed by atoms with Crippen molar-refractivity contribution < 1.29 is 14.7 Å². The van der Waals surface area contributed by atoms with E-state index in [9.17, 15) is 14.7 Å². The van der Waals surface area contributed by atoms with Crippen LogP contribution < -0.4 is 5.32 Å². The molecule has 1 atom stereocenters. The molecule has 2 N–H and O–H groups in total. The fourth-order valence-corrected chi connectivity index (χ4v) is 2.73. The number of carboxylic acid groups (broad SMARTS) is 1. The highest BCUT2D eigenvalue weighted by molar-refractivity contribution is 5.84. The number of benzene rings is 2. The summed E-state index contributed by atoms with van der Waals surface area (Å²) in [6.07, 6.45) is 0.213. The van der Waals surface area contributed by atoms with Gasteiger partial charge in [-0.05, 0) is 17.0 Å². The van der Waals surface area contributed by atoms with Gasteiger partial charge in [-0.25, -0.2) is 4.79 Å². The maximum atomic E-state index is 12.4. The molecule has 4 nitrogen and oxygen atoms in total. The summed E-state index contributed by atoms with van der Waals surface area (Å²) in [5, 5.41) is 11.9. The van der Waals surface area contributed by atoms with E-state index in [1.165, 1.54) is 0 Å². The van der Waals surface area contributed by atoms with Gasteiger partial charge in [0, 0.05) is 12.3 Å². The van der Waals surface area contributed by atoms with Crippen LogP contribution in [0.25, 0.3) is 0 Å². The van der Waals surface area contributed by atoms with Crippen LogP contribution in [-0.4, -0.2) is 23.0 Å². The molecule has 0 fully saturated rings. The van der Waals surface area contributed by atoms with Crippen LogP contribution in [0.3, 0.4) is 0 Å². The van der Waals surface area contributed by atoms with E-state index >= 15 is 0 Å². The molecular weight excluding hydrogens is 302 g/mol. The fourth-order valence-electron chi connectivity index (χ4n) is 2.73. The van der Waals surface area contributed by atoms with Gasteiger partial charge in [0.1, 0.15) is 6.04 Å². The Bertz CT molecular complexity index is 628. The molecule has 0 saturated carbocycles. The van der Waals surface area contributed by atoms with Crippen molar-refractivity contribution in [2.45, 2.75) is 32.2 Å². The molecule has 1 amide bonds. The third-order valence-corrected chi connectivity index (χ3v) is 4.04. The van der Waals surface area contributed by atoms with Crippen molar-refractivity contribution in [2.75, 3.05) is 0 Å². The molecule has 0 unspecified atom stereocenters. The van der Waals surface area contributed by atoms with Crippen molar-refractivity contribution in [2.24, 2.45) is 5.92 Å². The number of carbonyl (C=O) groups excluding carboxylic acids is 1. The molecular formula is C20H23NO3. The zero-order chi connectivity index (χ0) is 17.5. The van der Waals surface area contributed by atoms with Gasteiger partial charge in [0.25, 0.3) is 0 Å². The molecule has 2 aromatic rings. The molecule has 2 aromatic carbocycles. The summed E-state index contributed by atoms with van der Waals surface area (Å²) < 4.78 is 0. The monoisotopic (exact) mass is 325 g/mol. The van der Waals surface area contributed by atoms with Crippen LogP contribution in [0.15, 0.2) is 60.7 Å². The lowest BCUT2D eigenvalue weighted by atomic mass is 9.88. The van der Waals surface area contributed by atoms with Crippen molar-refractivity contribution in [3.63, 3.8) is 0 Å². The molecule has 0 aliphatic heterocycles. The Morgan fingerprint density at radius 2 is 1.38 bits per heavy atom. The van der Waals surface area contributed by atoms with E-state index in [1.54, 1.807) is 13.8 Å². The second kappa shape index (κ2) is 8.29. The molecule has 0 heterocycles. The average Bonchev–Trinajstić information content (AvgIpc) is 2.58. The predicted octanol–water partition coefficient (Wildman–Crippen LogP) is 3.43. The number of rotatable bonds is 7. The Balaban J connectivity index is 2.20. The summed E-state index contributed by atoms with van der Waals surface area (Å²) in [6.45, 7) is 3.57. The van der Waals surface area contributed by atoms with Crippen molar-refractivity contribution in [3.05, 3.63) is 71.8 Å². The van der Waals surface area contributed by atoms with E-state index in [0.29, 0.717) is 0 Å². The molecule has 0 spiro atoms. The first-order valence-corrected chi connectivity index (χ1v) is 8.11. The Hall–Kier alpha value is -2.62. The van der Waals surface area contributed by atoms with Crippen LogP contribution in [0.1, 0.15) is 37.3 Å². The molecule has 0 saturated heterocycles. The normalized spacial score (nSPS) is 12.2. The van der Waals surface area contributed by atoms with Crippen LogP contribution in [0, 0.1) is 5.92 Å². The van der Waals surface area contributed by atoms with Crippen LogP contribution in [-0.2, 0) is 9.59 Å². The van der Waals surface area contributed by atoms with E-state index in [0.717, 1.165) is 11.1 Å². The third kappa shape index (κ3) is 4.69. The molecule has 4 heteroatoms. The quantitative estimate of drug-likeness (QED) is 0.819. The van der Waals surface area contributed by atoms with Crippen LogP contribution in [0.4, 0.5) is 0 Å². The summed E-state index contributed by atoms with van der Waals surface area (Å²) in [5.74, 6) is -1.53. The Morgan fingerprint density at radius 1 is 0.917 bits per heavy atom. The number of amides is 1. The number of carbonyl (C=O) groups is 2. The van der Waals surface area contributed by atoms with Gasteiger partial charge in [-0.3, -0.25) is 4.79 Å². The second-order valence-electron chi connectivity index (χ2n) is 6.21. The average molecular weight is 325 g/mol. The first kappa shape index (κ1) is 17.7. The van der Waals surface area contributed by atoms with Gasteiger partial charge in [-0.2, -0.15) is 0 Å². The maximum absolute atomic E-state index is 12.4. The molecule has 0 aliphatic rings. The number of hydrogen-bond acceptors (Lipinski definition) is 2. The molecule has 0 aliphatic carbocycles. The number of hydrogen-bond donors (Lipinski definition) is 2. The molecule has 0 bridgehead atoms. The van der Waals surface area contributed by atoms with Gasteiger partial charge >= 0.3 is 5.97 Å². The van der Waals surface area contributed by atoms with Crippen LogP contribution in [0.2, 0.25) is 0 Å². The van der Waals surface area contributed by atoms with Crippen molar-refractivity contribution >= 4 is 11.9 Å². The molecule has 2 rings (SSSR count). The smallest absolute Gasteiger partial charge is 0.326 e. The fraction of sp³-hybridized carbons (Fsp3) is 0.300. The number of nitrogens with one attached hydrogen (secondary N) is 1. The molecule has 0 radical (unpaired) electrons. The first-order valence-electron chi connectivity index (χ1n) is 8.11. The molecule has 24 heavy (non-hydrogen) atoms. The minimum atomic E-state index is -1.01. The summed E-state index contributed by atoms with van der Waals surface area (Å²) in [5.41, 5.74) is 2.07. The lowest BCUT2D eigenvalue weighted by molar-refractivity contribution is -0.143. The SMILES string of the molecule is CC(C)[C@H](NC(=O)CC(c1ccccc1)c1ccccc1)C(=O)O. The van der Waals surface area contributed by atoms with E-state index in [1.807, 2.05) is 60.7 Å². The molecule has 0 aromatic heterocycles. The second-order valence-corrected chi connectivity index (χ2v) is 6.21.